The molecule has 0 aliphatic carbocycles. The fourth-order valence-corrected chi connectivity index (χ4v) is 4.07. The maximum atomic E-state index is 12.6. The molecule has 0 N–H and O–H groups in total. The molecule has 1 aromatic heterocycles. The van der Waals surface area contributed by atoms with Gasteiger partial charge in [0.15, 0.2) is 0 Å². The number of hydrogen-bond donors (Lipinski definition) is 0. The summed E-state index contributed by atoms with van der Waals surface area (Å²) in [5.74, 6) is 1.20. The minimum absolute atomic E-state index is 0.135. The first-order valence-corrected chi connectivity index (χ1v) is 11.7. The molecular formula is C29H20Cl2O4. The first-order chi connectivity index (χ1) is 17.1. The number of halogens is 2. The average molecular weight is 503 g/mol. The smallest absolute Gasteiger partial charge is 0.336 e. The van der Waals surface area contributed by atoms with Crippen LogP contribution in [0.2, 0.25) is 10.0 Å². The van der Waals surface area contributed by atoms with E-state index in [1.54, 1.807) is 24.3 Å². The Kier molecular flexibility index (Phi) is 6.75. The lowest BCUT2D eigenvalue weighted by atomic mass is 10.00. The third-order valence-corrected chi connectivity index (χ3v) is 6.07. The molecule has 6 heteroatoms. The first kappa shape index (κ1) is 23.0. The number of rotatable bonds is 7. The van der Waals surface area contributed by atoms with Crippen LogP contribution in [0.3, 0.4) is 0 Å². The van der Waals surface area contributed by atoms with E-state index in [2.05, 4.69) is 0 Å². The second kappa shape index (κ2) is 10.3. The molecule has 0 atom stereocenters. The Hall–Kier alpha value is -3.73. The minimum atomic E-state index is -0.445. The summed E-state index contributed by atoms with van der Waals surface area (Å²) in [6.45, 7) is 0.454. The molecule has 0 bridgehead atoms. The van der Waals surface area contributed by atoms with Gasteiger partial charge in [0.2, 0.25) is 0 Å². The highest BCUT2D eigenvalue weighted by atomic mass is 35.5. The zero-order valence-electron chi connectivity index (χ0n) is 18.5. The summed E-state index contributed by atoms with van der Waals surface area (Å²) < 4.78 is 17.9. The van der Waals surface area contributed by atoms with Crippen LogP contribution >= 0.6 is 23.2 Å². The van der Waals surface area contributed by atoms with Gasteiger partial charge in [0.25, 0.3) is 0 Å². The van der Waals surface area contributed by atoms with Gasteiger partial charge in [-0.05, 0) is 65.2 Å². The Morgan fingerprint density at radius 2 is 1.40 bits per heavy atom. The first-order valence-electron chi connectivity index (χ1n) is 11.0. The summed E-state index contributed by atoms with van der Waals surface area (Å²) in [5, 5.41) is 2.07. The predicted molar refractivity (Wildman–Crippen MR) is 139 cm³/mol. The molecule has 0 saturated carbocycles. The normalized spacial score (nSPS) is 10.9. The Labute approximate surface area is 212 Å². The van der Waals surface area contributed by atoms with E-state index in [4.69, 9.17) is 37.1 Å². The Morgan fingerprint density at radius 1 is 0.714 bits per heavy atom. The van der Waals surface area contributed by atoms with Gasteiger partial charge in [0.1, 0.15) is 30.3 Å². The predicted octanol–water partition coefficient (Wildman–Crippen LogP) is 7.92. The molecule has 0 saturated heterocycles. The van der Waals surface area contributed by atoms with Crippen molar-refractivity contribution in [3.8, 4) is 22.6 Å². The molecule has 0 aliphatic rings. The van der Waals surface area contributed by atoms with E-state index in [9.17, 15) is 4.79 Å². The highest BCUT2D eigenvalue weighted by molar-refractivity contribution is 6.30. The van der Waals surface area contributed by atoms with Crippen LogP contribution in [0.5, 0.6) is 11.5 Å². The lowest BCUT2D eigenvalue weighted by Crippen LogP contribution is -2.06. The number of hydrogen-bond acceptors (Lipinski definition) is 4. The molecule has 35 heavy (non-hydrogen) atoms. The van der Waals surface area contributed by atoms with E-state index in [-0.39, 0.29) is 6.61 Å². The van der Waals surface area contributed by atoms with Crippen molar-refractivity contribution in [1.29, 1.82) is 0 Å². The molecule has 0 aliphatic heterocycles. The van der Waals surface area contributed by atoms with Crippen molar-refractivity contribution in [2.45, 2.75) is 13.2 Å². The minimum Gasteiger partial charge on any atom is -0.489 e. The monoisotopic (exact) mass is 502 g/mol. The second-order valence-electron chi connectivity index (χ2n) is 7.92. The highest BCUT2D eigenvalue weighted by Crippen LogP contribution is 2.35. The number of ether oxygens (including phenoxy) is 2. The summed E-state index contributed by atoms with van der Waals surface area (Å²) in [6, 6.07) is 29.5. The van der Waals surface area contributed by atoms with E-state index in [1.807, 2.05) is 66.7 Å². The molecule has 0 amide bonds. The molecule has 0 fully saturated rings. The summed E-state index contributed by atoms with van der Waals surface area (Å²) in [4.78, 5) is 12.6. The molecule has 0 unspecified atom stereocenters. The van der Waals surface area contributed by atoms with Gasteiger partial charge in [0.05, 0.1) is 5.56 Å². The number of fused-ring (bicyclic) bond motifs is 1. The maximum absolute atomic E-state index is 12.6. The van der Waals surface area contributed by atoms with Crippen LogP contribution in [0.4, 0.5) is 0 Å². The van der Waals surface area contributed by atoms with E-state index in [0.717, 1.165) is 22.1 Å². The van der Waals surface area contributed by atoms with E-state index < -0.39 is 5.63 Å². The lowest BCUT2D eigenvalue weighted by molar-refractivity contribution is 0.273. The second-order valence-corrected chi connectivity index (χ2v) is 8.79. The largest absolute Gasteiger partial charge is 0.489 e. The van der Waals surface area contributed by atoms with Crippen molar-refractivity contribution < 1.29 is 13.9 Å². The van der Waals surface area contributed by atoms with E-state index in [0.29, 0.717) is 39.3 Å². The Morgan fingerprint density at radius 3 is 2.11 bits per heavy atom. The van der Waals surface area contributed by atoms with Gasteiger partial charge in [-0.15, -0.1) is 0 Å². The molecule has 1 heterocycles. The molecule has 0 spiro atoms. The van der Waals surface area contributed by atoms with Gasteiger partial charge < -0.3 is 13.9 Å². The fourth-order valence-electron chi connectivity index (χ4n) is 3.82. The molecule has 5 rings (SSSR count). The van der Waals surface area contributed by atoms with Crippen molar-refractivity contribution in [3.63, 3.8) is 0 Å². The quantitative estimate of drug-likeness (QED) is 0.212. The molecule has 4 nitrogen and oxygen atoms in total. The fraction of sp³-hybridized carbons (Fsp3) is 0.0690. The summed E-state index contributed by atoms with van der Waals surface area (Å²) in [6.07, 6.45) is 0. The van der Waals surface area contributed by atoms with Gasteiger partial charge in [-0.1, -0.05) is 65.7 Å². The molecule has 174 valence electrons. The Balaban J connectivity index is 1.57. The lowest BCUT2D eigenvalue weighted by Gasteiger charge is -2.16. The van der Waals surface area contributed by atoms with Gasteiger partial charge in [0, 0.05) is 21.5 Å². The van der Waals surface area contributed by atoms with Crippen molar-refractivity contribution >= 4 is 34.2 Å². The third-order valence-electron chi connectivity index (χ3n) is 5.56. The van der Waals surface area contributed by atoms with Crippen LogP contribution in [-0.4, -0.2) is 0 Å². The van der Waals surface area contributed by atoms with Crippen LogP contribution in [0.25, 0.3) is 22.1 Å². The highest BCUT2D eigenvalue weighted by Gasteiger charge is 2.17. The third kappa shape index (κ3) is 5.35. The van der Waals surface area contributed by atoms with Gasteiger partial charge in [-0.3, -0.25) is 0 Å². The summed E-state index contributed by atoms with van der Waals surface area (Å²) >= 11 is 12.0. The molecule has 0 radical (unpaired) electrons. The van der Waals surface area contributed by atoms with E-state index in [1.165, 1.54) is 6.07 Å². The average Bonchev–Trinajstić information content (AvgIpc) is 2.88. The van der Waals surface area contributed by atoms with E-state index >= 15 is 0 Å². The van der Waals surface area contributed by atoms with Gasteiger partial charge in [-0.25, -0.2) is 4.79 Å². The molecule has 5 aromatic rings. The van der Waals surface area contributed by atoms with Gasteiger partial charge >= 0.3 is 5.63 Å². The van der Waals surface area contributed by atoms with Crippen molar-refractivity contribution in [3.05, 3.63) is 129 Å². The van der Waals surface area contributed by atoms with Crippen LogP contribution in [-0.2, 0) is 13.2 Å². The molecule has 4 aromatic carbocycles. The summed E-state index contributed by atoms with van der Waals surface area (Å²) in [5.41, 5.74) is 3.29. The van der Waals surface area contributed by atoms with Crippen LogP contribution in [0.15, 0.2) is 106 Å². The van der Waals surface area contributed by atoms with Crippen molar-refractivity contribution in [2.75, 3.05) is 0 Å². The van der Waals surface area contributed by atoms with Crippen molar-refractivity contribution in [2.24, 2.45) is 0 Å². The topological polar surface area (TPSA) is 48.7 Å². The zero-order chi connectivity index (χ0) is 24.2. The standard InChI is InChI=1S/C29H20Cl2O4/c30-21-8-6-19(7-9-21)17-34-27-15-14-24-25(20-4-2-1-3-5-20)16-28(32)35-29(24)26(27)18-33-23-12-10-22(31)11-13-23/h1-16H,17-18H2. The number of benzene rings is 4. The van der Waals surface area contributed by atoms with Crippen LogP contribution in [0, 0.1) is 0 Å². The summed E-state index contributed by atoms with van der Waals surface area (Å²) in [7, 11) is 0. The zero-order valence-corrected chi connectivity index (χ0v) is 20.1. The Bertz CT molecular complexity index is 1510. The van der Waals surface area contributed by atoms with Crippen LogP contribution in [0.1, 0.15) is 11.1 Å². The van der Waals surface area contributed by atoms with Crippen molar-refractivity contribution in [1.82, 2.24) is 0 Å². The maximum Gasteiger partial charge on any atom is 0.336 e. The molecular weight excluding hydrogens is 483 g/mol. The SMILES string of the molecule is O=c1cc(-c2ccccc2)c2ccc(OCc3ccc(Cl)cc3)c(COc3ccc(Cl)cc3)c2o1. The van der Waals surface area contributed by atoms with Crippen LogP contribution < -0.4 is 15.1 Å². The van der Waals surface area contributed by atoms with Gasteiger partial charge in [-0.2, -0.15) is 0 Å².